The van der Waals surface area contributed by atoms with Crippen LogP contribution in [0.5, 0.6) is 0 Å². The molecule has 0 heterocycles. The Hall–Kier alpha value is -2.38. The SMILES string of the molecule is CCNCCC(c1ccccc1)(c1ccccc1)c1ccccc1. The van der Waals surface area contributed by atoms with Crippen LogP contribution in [0.1, 0.15) is 30.0 Å². The van der Waals surface area contributed by atoms with Crippen LogP contribution >= 0.6 is 0 Å². The number of hydrogen-bond acceptors (Lipinski definition) is 1. The monoisotopic (exact) mass is 315 g/mol. The predicted octanol–water partition coefficient (Wildman–Crippen LogP) is 5.02. The third kappa shape index (κ3) is 3.27. The normalized spacial score (nSPS) is 11.4. The second-order valence-electron chi connectivity index (χ2n) is 6.11. The van der Waals surface area contributed by atoms with E-state index >= 15 is 0 Å². The molecule has 3 aromatic carbocycles. The molecule has 0 aromatic heterocycles. The summed E-state index contributed by atoms with van der Waals surface area (Å²) in [5.74, 6) is 0. The molecular weight excluding hydrogens is 290 g/mol. The van der Waals surface area contributed by atoms with Crippen molar-refractivity contribution in [1.82, 2.24) is 5.32 Å². The van der Waals surface area contributed by atoms with Gasteiger partial charge in [0.05, 0.1) is 0 Å². The maximum Gasteiger partial charge on any atom is 0.0463 e. The third-order valence-corrected chi connectivity index (χ3v) is 4.73. The Morgan fingerprint density at radius 1 is 0.625 bits per heavy atom. The van der Waals surface area contributed by atoms with Gasteiger partial charge in [0.25, 0.3) is 0 Å². The first-order chi connectivity index (χ1) is 11.9. The van der Waals surface area contributed by atoms with E-state index < -0.39 is 0 Å². The molecule has 0 bridgehead atoms. The fourth-order valence-corrected chi connectivity index (χ4v) is 3.55. The van der Waals surface area contributed by atoms with E-state index in [2.05, 4.69) is 103 Å². The van der Waals surface area contributed by atoms with E-state index in [9.17, 15) is 0 Å². The summed E-state index contributed by atoms with van der Waals surface area (Å²) in [6.45, 7) is 4.14. The maximum absolute atomic E-state index is 3.51. The van der Waals surface area contributed by atoms with E-state index in [4.69, 9.17) is 0 Å². The lowest BCUT2D eigenvalue weighted by Crippen LogP contribution is -2.33. The van der Waals surface area contributed by atoms with Gasteiger partial charge in [-0.15, -0.1) is 0 Å². The van der Waals surface area contributed by atoms with Gasteiger partial charge in [-0.05, 0) is 36.2 Å². The Bertz CT molecular complexity index is 623. The molecule has 0 radical (unpaired) electrons. The van der Waals surface area contributed by atoms with Crippen molar-refractivity contribution < 1.29 is 0 Å². The average molecular weight is 315 g/mol. The van der Waals surface area contributed by atoms with Crippen molar-refractivity contribution in [3.8, 4) is 0 Å². The van der Waals surface area contributed by atoms with Crippen LogP contribution in [-0.2, 0) is 5.41 Å². The molecule has 1 N–H and O–H groups in total. The summed E-state index contributed by atoms with van der Waals surface area (Å²) in [6.07, 6.45) is 1.03. The van der Waals surface area contributed by atoms with Crippen LogP contribution in [0.4, 0.5) is 0 Å². The van der Waals surface area contributed by atoms with Crippen molar-refractivity contribution in [1.29, 1.82) is 0 Å². The highest BCUT2D eigenvalue weighted by atomic mass is 14.8. The lowest BCUT2D eigenvalue weighted by Gasteiger charge is -2.36. The largest absolute Gasteiger partial charge is 0.317 e. The molecule has 0 aliphatic rings. The molecular formula is C23H25N. The summed E-state index contributed by atoms with van der Waals surface area (Å²) in [5, 5.41) is 3.51. The van der Waals surface area contributed by atoms with Gasteiger partial charge < -0.3 is 5.32 Å². The zero-order valence-electron chi connectivity index (χ0n) is 14.3. The quantitative estimate of drug-likeness (QED) is 0.477. The van der Waals surface area contributed by atoms with Gasteiger partial charge in [0.15, 0.2) is 0 Å². The van der Waals surface area contributed by atoms with Gasteiger partial charge in [-0.25, -0.2) is 0 Å². The molecule has 0 fully saturated rings. The minimum atomic E-state index is -0.133. The zero-order chi connectivity index (χ0) is 16.7. The second-order valence-corrected chi connectivity index (χ2v) is 6.11. The van der Waals surface area contributed by atoms with Gasteiger partial charge in [0, 0.05) is 5.41 Å². The Labute approximate surface area is 145 Å². The highest BCUT2D eigenvalue weighted by Crippen LogP contribution is 2.41. The fraction of sp³-hybridized carbons (Fsp3) is 0.217. The molecule has 0 unspecified atom stereocenters. The highest BCUT2D eigenvalue weighted by Gasteiger charge is 2.35. The van der Waals surface area contributed by atoms with Gasteiger partial charge in [0.2, 0.25) is 0 Å². The van der Waals surface area contributed by atoms with Crippen LogP contribution in [0.2, 0.25) is 0 Å². The maximum atomic E-state index is 3.51. The first kappa shape index (κ1) is 16.5. The van der Waals surface area contributed by atoms with Gasteiger partial charge in [-0.2, -0.15) is 0 Å². The standard InChI is InChI=1S/C23H25N/c1-2-24-19-18-23(20-12-6-3-7-13-20,21-14-8-4-9-15-21)22-16-10-5-11-17-22/h3-17,24H,2,18-19H2,1H3. The number of rotatable bonds is 7. The third-order valence-electron chi connectivity index (χ3n) is 4.73. The predicted molar refractivity (Wildman–Crippen MR) is 102 cm³/mol. The van der Waals surface area contributed by atoms with Crippen LogP contribution in [-0.4, -0.2) is 13.1 Å². The van der Waals surface area contributed by atoms with Crippen molar-refractivity contribution in [2.75, 3.05) is 13.1 Å². The summed E-state index contributed by atoms with van der Waals surface area (Å²) in [6, 6.07) is 32.7. The lowest BCUT2D eigenvalue weighted by molar-refractivity contribution is 0.526. The van der Waals surface area contributed by atoms with Crippen molar-refractivity contribution in [2.45, 2.75) is 18.8 Å². The van der Waals surface area contributed by atoms with Gasteiger partial charge in [-0.1, -0.05) is 97.9 Å². The Morgan fingerprint density at radius 2 is 1.00 bits per heavy atom. The Morgan fingerprint density at radius 3 is 1.33 bits per heavy atom. The average Bonchev–Trinajstić information content (AvgIpc) is 2.68. The van der Waals surface area contributed by atoms with Crippen LogP contribution in [0, 0.1) is 0 Å². The topological polar surface area (TPSA) is 12.0 Å². The Balaban J connectivity index is 2.20. The molecule has 0 amide bonds. The van der Waals surface area contributed by atoms with Crippen LogP contribution < -0.4 is 5.32 Å². The van der Waals surface area contributed by atoms with Gasteiger partial charge >= 0.3 is 0 Å². The lowest BCUT2D eigenvalue weighted by atomic mass is 9.67. The van der Waals surface area contributed by atoms with E-state index in [1.807, 2.05) is 0 Å². The molecule has 0 saturated heterocycles. The number of benzene rings is 3. The summed E-state index contributed by atoms with van der Waals surface area (Å²) < 4.78 is 0. The smallest absolute Gasteiger partial charge is 0.0463 e. The van der Waals surface area contributed by atoms with Crippen molar-refractivity contribution in [3.05, 3.63) is 108 Å². The molecule has 3 aromatic rings. The van der Waals surface area contributed by atoms with Gasteiger partial charge in [-0.3, -0.25) is 0 Å². The van der Waals surface area contributed by atoms with E-state index in [-0.39, 0.29) is 5.41 Å². The molecule has 0 saturated carbocycles. The first-order valence-electron chi connectivity index (χ1n) is 8.75. The first-order valence-corrected chi connectivity index (χ1v) is 8.75. The van der Waals surface area contributed by atoms with E-state index in [0.29, 0.717) is 0 Å². The molecule has 0 atom stereocenters. The minimum absolute atomic E-state index is 0.133. The highest BCUT2D eigenvalue weighted by molar-refractivity contribution is 5.50. The van der Waals surface area contributed by atoms with E-state index in [1.54, 1.807) is 0 Å². The van der Waals surface area contributed by atoms with E-state index in [1.165, 1.54) is 16.7 Å². The van der Waals surface area contributed by atoms with Crippen molar-refractivity contribution in [2.24, 2.45) is 0 Å². The molecule has 3 rings (SSSR count). The van der Waals surface area contributed by atoms with Crippen LogP contribution in [0.3, 0.4) is 0 Å². The second kappa shape index (κ2) is 7.94. The molecule has 1 nitrogen and oxygen atoms in total. The van der Waals surface area contributed by atoms with Gasteiger partial charge in [0.1, 0.15) is 0 Å². The summed E-state index contributed by atoms with van der Waals surface area (Å²) in [4.78, 5) is 0. The van der Waals surface area contributed by atoms with Crippen LogP contribution in [0.15, 0.2) is 91.0 Å². The zero-order valence-corrected chi connectivity index (χ0v) is 14.3. The molecule has 24 heavy (non-hydrogen) atoms. The molecule has 0 aliphatic carbocycles. The van der Waals surface area contributed by atoms with Crippen molar-refractivity contribution in [3.63, 3.8) is 0 Å². The fourth-order valence-electron chi connectivity index (χ4n) is 3.55. The summed E-state index contributed by atoms with van der Waals surface area (Å²) >= 11 is 0. The van der Waals surface area contributed by atoms with Crippen LogP contribution in [0.25, 0.3) is 0 Å². The molecule has 0 aliphatic heterocycles. The van der Waals surface area contributed by atoms with Crippen molar-refractivity contribution >= 4 is 0 Å². The summed E-state index contributed by atoms with van der Waals surface area (Å²) in [5.41, 5.74) is 3.91. The minimum Gasteiger partial charge on any atom is -0.317 e. The molecule has 122 valence electrons. The number of nitrogens with one attached hydrogen (secondary N) is 1. The summed E-state index contributed by atoms with van der Waals surface area (Å²) in [7, 11) is 0. The molecule has 1 heteroatoms. The van der Waals surface area contributed by atoms with E-state index in [0.717, 1.165) is 19.5 Å². The molecule has 0 spiro atoms. The number of hydrogen-bond donors (Lipinski definition) is 1. The Kier molecular flexibility index (Phi) is 5.45.